The predicted octanol–water partition coefficient (Wildman–Crippen LogP) is 24.4. The molecule has 0 heterocycles. The number of unbranched alkanes of at least 4 members (excludes halogenated alkanes) is 16. The monoisotopic (exact) mass is 1300 g/mol. The Balaban J connectivity index is 4.04. The number of rotatable bonds is 65. The second-order valence-corrected chi connectivity index (χ2v) is 24.4. The first kappa shape index (κ1) is 87.3. The first-order chi connectivity index (χ1) is 45.8. The van der Waals surface area contributed by atoms with Crippen molar-refractivity contribution in [2.45, 2.75) is 264 Å². The van der Waals surface area contributed by atoms with Crippen LogP contribution in [0, 0.1) is 0 Å². The van der Waals surface area contributed by atoms with Crippen LogP contribution in [0.15, 0.2) is 219 Å². The first-order valence-electron chi connectivity index (χ1n) is 36.2. The third-order valence-electron chi connectivity index (χ3n) is 14.4. The summed E-state index contributed by atoms with van der Waals surface area (Å²) in [4.78, 5) is 35.4. The van der Waals surface area contributed by atoms with Gasteiger partial charge in [-0.2, -0.15) is 0 Å². The van der Waals surface area contributed by atoms with Crippen molar-refractivity contribution in [1.82, 2.24) is 0 Å². The largest absolute Gasteiger partial charge is 0.472 e. The summed E-state index contributed by atoms with van der Waals surface area (Å²) in [6.45, 7) is 3.46. The quantitative estimate of drug-likeness (QED) is 0.0264. The van der Waals surface area contributed by atoms with Crippen molar-refractivity contribution >= 4 is 19.8 Å². The van der Waals surface area contributed by atoms with E-state index in [9.17, 15) is 19.0 Å². The summed E-state index contributed by atoms with van der Waals surface area (Å²) in [6.07, 6.45) is 117. The van der Waals surface area contributed by atoms with E-state index in [0.717, 1.165) is 154 Å². The Labute approximate surface area is 569 Å². The Hall–Kier alpha value is -5.67. The van der Waals surface area contributed by atoms with Gasteiger partial charge in [-0.1, -0.05) is 310 Å². The van der Waals surface area contributed by atoms with Gasteiger partial charge in [-0.15, -0.1) is 0 Å². The van der Waals surface area contributed by atoms with E-state index in [1.54, 1.807) is 0 Å². The fourth-order valence-corrected chi connectivity index (χ4v) is 9.86. The molecule has 0 spiro atoms. The number of phosphoric acid groups is 1. The molecule has 0 rings (SSSR count). The van der Waals surface area contributed by atoms with Gasteiger partial charge in [0.2, 0.25) is 0 Å². The van der Waals surface area contributed by atoms with Gasteiger partial charge >= 0.3 is 19.8 Å². The van der Waals surface area contributed by atoms with Gasteiger partial charge in [0.15, 0.2) is 6.10 Å². The number of carbonyl (C=O) groups excluding carboxylic acids is 2. The van der Waals surface area contributed by atoms with E-state index in [1.807, 2.05) is 0 Å². The number of nitrogens with two attached hydrogens (primary N) is 1. The lowest BCUT2D eigenvalue weighted by Crippen LogP contribution is -2.29. The number of carbonyl (C=O) groups is 2. The van der Waals surface area contributed by atoms with E-state index in [0.29, 0.717) is 12.8 Å². The van der Waals surface area contributed by atoms with Crippen LogP contribution in [-0.4, -0.2) is 49.3 Å². The SMILES string of the molecule is CC/C=C\C/C=C\C/C=C\C/C=C\C/C=C\C/C=C\C/C=C\C/C=C\C/C=C\C/C=C\C/C=C\CCCCCC(=O)OC(COC(=O)CCCCCCCCCCCCCCC/C=C\C/C=C\C/C=C\C/C=C\C/C=C\C/C=C\C/C=C\CC)COP(=O)(O)OCCN. The number of esters is 2. The molecule has 3 N–H and O–H groups in total. The molecule has 0 aromatic rings. The molecule has 0 fully saturated rings. The molecule has 10 heteroatoms. The van der Waals surface area contributed by atoms with Gasteiger partial charge in [-0.3, -0.25) is 18.6 Å². The lowest BCUT2D eigenvalue weighted by atomic mass is 10.0. The Morgan fingerprint density at radius 2 is 0.559 bits per heavy atom. The third kappa shape index (κ3) is 75.2. The van der Waals surface area contributed by atoms with Gasteiger partial charge in [0.25, 0.3) is 0 Å². The zero-order valence-electron chi connectivity index (χ0n) is 58.4. The molecule has 520 valence electrons. The van der Waals surface area contributed by atoms with E-state index in [4.69, 9.17) is 24.3 Å². The Morgan fingerprint density at radius 1 is 0.323 bits per heavy atom. The molecule has 0 bridgehead atoms. The molecular weight excluding hydrogens is 1170 g/mol. The molecule has 0 aromatic carbocycles. The molecule has 0 saturated heterocycles. The molecule has 0 aliphatic carbocycles. The first-order valence-corrected chi connectivity index (χ1v) is 37.7. The van der Waals surface area contributed by atoms with Gasteiger partial charge in [-0.25, -0.2) is 4.57 Å². The van der Waals surface area contributed by atoms with Gasteiger partial charge < -0.3 is 20.1 Å². The maximum atomic E-state index is 12.8. The number of hydrogen-bond acceptors (Lipinski definition) is 8. The highest BCUT2D eigenvalue weighted by Gasteiger charge is 2.26. The molecule has 0 saturated carbocycles. The normalized spacial score (nSPS) is 14.2. The highest BCUT2D eigenvalue weighted by atomic mass is 31.2. The molecule has 0 aliphatic heterocycles. The number of ether oxygens (including phenoxy) is 2. The average molecular weight is 1300 g/mol. The molecule has 0 aromatic heterocycles. The summed E-state index contributed by atoms with van der Waals surface area (Å²) in [5, 5.41) is 0. The minimum Gasteiger partial charge on any atom is -0.462 e. The molecule has 93 heavy (non-hydrogen) atoms. The van der Waals surface area contributed by atoms with E-state index >= 15 is 0 Å². The van der Waals surface area contributed by atoms with Crippen molar-refractivity contribution in [2.75, 3.05) is 26.4 Å². The fourth-order valence-electron chi connectivity index (χ4n) is 9.09. The van der Waals surface area contributed by atoms with Crippen molar-refractivity contribution in [3.63, 3.8) is 0 Å². The van der Waals surface area contributed by atoms with Crippen LogP contribution in [0.5, 0.6) is 0 Å². The van der Waals surface area contributed by atoms with Crippen LogP contribution in [0.3, 0.4) is 0 Å². The van der Waals surface area contributed by atoms with Crippen LogP contribution < -0.4 is 5.73 Å². The zero-order chi connectivity index (χ0) is 67.2. The second-order valence-electron chi connectivity index (χ2n) is 23.0. The van der Waals surface area contributed by atoms with Crippen molar-refractivity contribution in [3.8, 4) is 0 Å². The topological polar surface area (TPSA) is 134 Å². The molecule has 2 unspecified atom stereocenters. The van der Waals surface area contributed by atoms with Crippen LogP contribution in [0.4, 0.5) is 0 Å². The lowest BCUT2D eigenvalue weighted by Gasteiger charge is -2.19. The highest BCUT2D eigenvalue weighted by molar-refractivity contribution is 7.47. The van der Waals surface area contributed by atoms with Crippen LogP contribution >= 0.6 is 7.82 Å². The number of allylic oxidation sites excluding steroid dienone is 36. The Morgan fingerprint density at radius 3 is 0.839 bits per heavy atom. The summed E-state index contributed by atoms with van der Waals surface area (Å²) in [6, 6.07) is 0. The summed E-state index contributed by atoms with van der Waals surface area (Å²) in [5.74, 6) is -0.881. The predicted molar refractivity (Wildman–Crippen MR) is 403 cm³/mol. The lowest BCUT2D eigenvalue weighted by molar-refractivity contribution is -0.161. The average Bonchev–Trinajstić information content (AvgIpc) is 3.04. The molecular formula is C83H130NO8P. The Kier molecular flexibility index (Phi) is 70.8. The zero-order valence-corrected chi connectivity index (χ0v) is 59.3. The van der Waals surface area contributed by atoms with E-state index in [1.165, 1.54) is 64.2 Å². The van der Waals surface area contributed by atoms with Crippen molar-refractivity contribution in [1.29, 1.82) is 0 Å². The summed E-state index contributed by atoms with van der Waals surface area (Å²) in [5.41, 5.74) is 5.40. The number of hydrogen-bond donors (Lipinski definition) is 2. The van der Waals surface area contributed by atoms with Crippen molar-refractivity contribution < 1.29 is 37.6 Å². The van der Waals surface area contributed by atoms with Gasteiger partial charge in [0, 0.05) is 19.4 Å². The van der Waals surface area contributed by atoms with Crippen molar-refractivity contribution in [3.05, 3.63) is 219 Å². The van der Waals surface area contributed by atoms with Gasteiger partial charge in [0.05, 0.1) is 13.2 Å². The van der Waals surface area contributed by atoms with Crippen LogP contribution in [0.25, 0.3) is 0 Å². The van der Waals surface area contributed by atoms with Crippen LogP contribution in [-0.2, 0) is 32.7 Å². The van der Waals surface area contributed by atoms with E-state index in [-0.39, 0.29) is 32.6 Å². The number of phosphoric ester groups is 1. The third-order valence-corrected chi connectivity index (χ3v) is 15.3. The standard InChI is InChI=1S/C83H130NO8P/c1-3-5-7-9-11-13-15-17-19-21-23-25-27-29-31-33-35-37-39-40-42-44-46-48-50-52-54-56-58-60-62-64-66-68-70-72-74-76-83(86)92-81(80-91-93(87,88)90-78-77-84)79-89-82(85)75-73-71-69-67-65-63-61-59-57-55-53-51-49-47-45-43-41-38-36-34-32-30-28-26-24-22-20-18-16-14-12-10-8-6-4-2/h5-8,11-14,17-20,23-26,29-32,35-38,40,42-43,45-46,48,52,54,58,60,64,66,81H,3-4,9-10,15-16,21-22,27-28,33-34,39,41,44,47,49-51,53,55-57,59,61-63,65,67-80,84H2,1-2H3,(H,87,88)/b7-5-,8-6-,13-11-,14-12-,19-17-,20-18-,25-23-,26-24-,31-29-,32-30-,37-35-,38-36-,42-40-,45-43-,48-46-,54-52-,60-58-,66-64-. The van der Waals surface area contributed by atoms with Gasteiger partial charge in [0.1, 0.15) is 6.61 Å². The molecule has 2 atom stereocenters. The van der Waals surface area contributed by atoms with Crippen LogP contribution in [0.2, 0.25) is 0 Å². The smallest absolute Gasteiger partial charge is 0.462 e. The fraction of sp³-hybridized carbons (Fsp3) is 0.542. The summed E-state index contributed by atoms with van der Waals surface area (Å²) < 4.78 is 33.1. The summed E-state index contributed by atoms with van der Waals surface area (Å²) in [7, 11) is -4.42. The maximum absolute atomic E-state index is 12.8. The van der Waals surface area contributed by atoms with E-state index in [2.05, 4.69) is 233 Å². The molecule has 0 amide bonds. The van der Waals surface area contributed by atoms with E-state index < -0.39 is 32.5 Å². The molecule has 9 nitrogen and oxygen atoms in total. The second kappa shape index (κ2) is 75.4. The van der Waals surface area contributed by atoms with Gasteiger partial charge in [-0.05, 0) is 154 Å². The summed E-state index contributed by atoms with van der Waals surface area (Å²) >= 11 is 0. The minimum absolute atomic E-state index is 0.0363. The minimum atomic E-state index is -4.42. The maximum Gasteiger partial charge on any atom is 0.472 e. The Bertz CT molecular complexity index is 2330. The molecule has 0 aliphatic rings. The highest BCUT2D eigenvalue weighted by Crippen LogP contribution is 2.43. The van der Waals surface area contributed by atoms with Crippen molar-refractivity contribution in [2.24, 2.45) is 5.73 Å². The molecule has 0 radical (unpaired) electrons. The van der Waals surface area contributed by atoms with Crippen LogP contribution in [0.1, 0.15) is 258 Å².